The number of anilines is 1. The van der Waals surface area contributed by atoms with Crippen LogP contribution in [-0.2, 0) is 0 Å². The Hall–Kier alpha value is -3.08. The zero-order chi connectivity index (χ0) is 16.5. The number of nitrogens with one attached hydrogen (secondary N) is 2. The number of rotatable bonds is 4. The first-order valence-electron chi connectivity index (χ1n) is 7.90. The van der Waals surface area contributed by atoms with Crippen molar-refractivity contribution in [3.8, 4) is 0 Å². The van der Waals surface area contributed by atoms with E-state index < -0.39 is 0 Å². The van der Waals surface area contributed by atoms with Crippen LogP contribution in [0.4, 0.5) is 5.82 Å². The van der Waals surface area contributed by atoms with Crippen LogP contribution in [0.1, 0.15) is 28.8 Å². The molecule has 120 valence electrons. The summed E-state index contributed by atoms with van der Waals surface area (Å²) in [5.41, 5.74) is 4.33. The van der Waals surface area contributed by atoms with Crippen LogP contribution in [0, 0.1) is 13.8 Å². The van der Waals surface area contributed by atoms with Crippen molar-refractivity contribution in [1.29, 1.82) is 0 Å². The molecule has 0 aliphatic rings. The minimum atomic E-state index is -0.119. The maximum Gasteiger partial charge on any atom is 0.170 e. The highest BCUT2D eigenvalue weighted by atomic mass is 16.5. The number of para-hydroxylation sites is 1. The fraction of sp³-hybridized carbons (Fsp3) is 0.158. The minimum Gasteiger partial charge on any atom is -0.360 e. The van der Waals surface area contributed by atoms with E-state index in [1.54, 1.807) is 0 Å². The molecule has 4 aromatic rings. The van der Waals surface area contributed by atoms with Crippen LogP contribution in [-0.4, -0.2) is 15.1 Å². The lowest BCUT2D eigenvalue weighted by atomic mass is 9.99. The minimum absolute atomic E-state index is 0.119. The Morgan fingerprint density at radius 1 is 1.08 bits per heavy atom. The lowest BCUT2D eigenvalue weighted by Gasteiger charge is -2.18. The molecule has 5 heteroatoms. The lowest BCUT2D eigenvalue weighted by Crippen LogP contribution is -2.14. The molecule has 0 fully saturated rings. The zero-order valence-electron chi connectivity index (χ0n) is 13.6. The third-order valence-electron chi connectivity index (χ3n) is 4.14. The van der Waals surface area contributed by atoms with Crippen LogP contribution in [0.2, 0.25) is 0 Å². The smallest absolute Gasteiger partial charge is 0.170 e. The highest BCUT2D eigenvalue weighted by molar-refractivity contribution is 5.86. The van der Waals surface area contributed by atoms with Gasteiger partial charge in [0.25, 0.3) is 0 Å². The third kappa shape index (κ3) is 2.54. The SMILES string of the molecule is Cc1cc(N[C@H](c2ccccn2)c2c(C)[nH]c3ccccc23)no1. The fourth-order valence-corrected chi connectivity index (χ4v) is 3.09. The number of pyridine rings is 1. The molecule has 0 unspecified atom stereocenters. The van der Waals surface area contributed by atoms with Gasteiger partial charge in [-0.25, -0.2) is 0 Å². The monoisotopic (exact) mass is 318 g/mol. The predicted octanol–water partition coefficient (Wildman–Crippen LogP) is 4.37. The van der Waals surface area contributed by atoms with E-state index in [4.69, 9.17) is 4.52 Å². The number of aryl methyl sites for hydroxylation is 2. The second kappa shape index (κ2) is 5.85. The Morgan fingerprint density at radius 2 is 1.92 bits per heavy atom. The largest absolute Gasteiger partial charge is 0.360 e. The standard InChI is InChI=1S/C19H18N4O/c1-12-11-17(23-24-12)22-19(16-9-5-6-10-20-16)18-13(2)21-15-8-4-3-7-14(15)18/h3-11,19,21H,1-2H3,(H,22,23)/t19-/m1/s1. The molecule has 5 nitrogen and oxygen atoms in total. The maximum atomic E-state index is 5.20. The van der Waals surface area contributed by atoms with E-state index in [1.165, 1.54) is 10.9 Å². The molecule has 0 amide bonds. The van der Waals surface area contributed by atoms with E-state index in [9.17, 15) is 0 Å². The van der Waals surface area contributed by atoms with E-state index in [-0.39, 0.29) is 6.04 Å². The van der Waals surface area contributed by atoms with Gasteiger partial charge in [0.05, 0.1) is 11.7 Å². The second-order valence-corrected chi connectivity index (χ2v) is 5.86. The van der Waals surface area contributed by atoms with Crippen molar-refractivity contribution in [3.05, 3.63) is 77.4 Å². The summed E-state index contributed by atoms with van der Waals surface area (Å²) >= 11 is 0. The number of H-pyrrole nitrogens is 1. The predicted molar refractivity (Wildman–Crippen MR) is 94.0 cm³/mol. The van der Waals surface area contributed by atoms with E-state index >= 15 is 0 Å². The first kappa shape index (κ1) is 14.5. The van der Waals surface area contributed by atoms with Gasteiger partial charge in [0.15, 0.2) is 5.82 Å². The highest BCUT2D eigenvalue weighted by Crippen LogP contribution is 2.33. The van der Waals surface area contributed by atoms with Gasteiger partial charge in [-0.15, -0.1) is 0 Å². The van der Waals surface area contributed by atoms with Crippen LogP contribution in [0.5, 0.6) is 0 Å². The first-order chi connectivity index (χ1) is 11.7. The number of benzene rings is 1. The highest BCUT2D eigenvalue weighted by Gasteiger charge is 2.22. The molecule has 0 bridgehead atoms. The van der Waals surface area contributed by atoms with Crippen molar-refractivity contribution in [2.45, 2.75) is 19.9 Å². The molecule has 0 saturated carbocycles. The summed E-state index contributed by atoms with van der Waals surface area (Å²) in [6.07, 6.45) is 1.81. The summed E-state index contributed by atoms with van der Waals surface area (Å²) < 4.78 is 5.20. The molecular formula is C19H18N4O. The zero-order valence-corrected chi connectivity index (χ0v) is 13.6. The molecule has 2 N–H and O–H groups in total. The van der Waals surface area contributed by atoms with Crippen molar-refractivity contribution >= 4 is 16.7 Å². The maximum absolute atomic E-state index is 5.20. The van der Waals surface area contributed by atoms with Gasteiger partial charge in [0.1, 0.15) is 5.76 Å². The van der Waals surface area contributed by atoms with Gasteiger partial charge in [0.2, 0.25) is 0 Å². The average molecular weight is 318 g/mol. The summed E-state index contributed by atoms with van der Waals surface area (Å²) in [5, 5.41) is 8.72. The number of hydrogen-bond donors (Lipinski definition) is 2. The van der Waals surface area contributed by atoms with E-state index in [0.717, 1.165) is 22.7 Å². The van der Waals surface area contributed by atoms with Crippen LogP contribution < -0.4 is 5.32 Å². The lowest BCUT2D eigenvalue weighted by molar-refractivity contribution is 0.399. The molecular weight excluding hydrogens is 300 g/mol. The first-order valence-corrected chi connectivity index (χ1v) is 7.90. The topological polar surface area (TPSA) is 66.7 Å². The van der Waals surface area contributed by atoms with E-state index in [2.05, 4.69) is 45.6 Å². The van der Waals surface area contributed by atoms with Gasteiger partial charge >= 0.3 is 0 Å². The van der Waals surface area contributed by atoms with Gasteiger partial charge in [-0.1, -0.05) is 29.4 Å². The Balaban J connectivity index is 1.87. The van der Waals surface area contributed by atoms with Gasteiger partial charge in [-0.2, -0.15) is 0 Å². The Labute approximate surface area is 139 Å². The molecule has 1 aromatic carbocycles. The summed E-state index contributed by atoms with van der Waals surface area (Å²) in [5.74, 6) is 1.47. The summed E-state index contributed by atoms with van der Waals surface area (Å²) in [4.78, 5) is 8.01. The number of aromatic nitrogens is 3. The fourth-order valence-electron chi connectivity index (χ4n) is 3.09. The summed E-state index contributed by atoms with van der Waals surface area (Å²) in [6.45, 7) is 3.96. The molecule has 1 atom stereocenters. The van der Waals surface area contributed by atoms with Crippen molar-refractivity contribution in [1.82, 2.24) is 15.1 Å². The molecule has 4 rings (SSSR count). The number of aromatic amines is 1. The Morgan fingerprint density at radius 3 is 2.67 bits per heavy atom. The summed E-state index contributed by atoms with van der Waals surface area (Å²) in [7, 11) is 0. The van der Waals surface area contributed by atoms with Crippen molar-refractivity contribution in [3.63, 3.8) is 0 Å². The van der Waals surface area contributed by atoms with Crippen LogP contribution in [0.15, 0.2) is 59.3 Å². The second-order valence-electron chi connectivity index (χ2n) is 5.86. The molecule has 0 radical (unpaired) electrons. The molecule has 3 aromatic heterocycles. The average Bonchev–Trinajstić information content (AvgIpc) is 3.16. The molecule has 0 aliphatic heterocycles. The quantitative estimate of drug-likeness (QED) is 0.586. The molecule has 0 aliphatic carbocycles. The van der Waals surface area contributed by atoms with Gasteiger partial charge in [-0.05, 0) is 32.0 Å². The van der Waals surface area contributed by atoms with Crippen LogP contribution in [0.3, 0.4) is 0 Å². The molecule has 0 saturated heterocycles. The van der Waals surface area contributed by atoms with Crippen molar-refractivity contribution in [2.75, 3.05) is 5.32 Å². The molecule has 3 heterocycles. The van der Waals surface area contributed by atoms with Gasteiger partial charge in [-0.3, -0.25) is 4.98 Å². The third-order valence-corrected chi connectivity index (χ3v) is 4.14. The normalized spacial score (nSPS) is 12.4. The van der Waals surface area contributed by atoms with E-state index in [0.29, 0.717) is 5.82 Å². The summed E-state index contributed by atoms with van der Waals surface area (Å²) in [6, 6.07) is 16.0. The van der Waals surface area contributed by atoms with Crippen molar-refractivity contribution in [2.24, 2.45) is 0 Å². The van der Waals surface area contributed by atoms with Crippen LogP contribution in [0.25, 0.3) is 10.9 Å². The van der Waals surface area contributed by atoms with Crippen molar-refractivity contribution < 1.29 is 4.52 Å². The number of hydrogen-bond acceptors (Lipinski definition) is 4. The van der Waals surface area contributed by atoms with E-state index in [1.807, 2.05) is 43.5 Å². The Bertz CT molecular complexity index is 971. The van der Waals surface area contributed by atoms with Crippen LogP contribution >= 0.6 is 0 Å². The van der Waals surface area contributed by atoms with Gasteiger partial charge in [0, 0.05) is 34.4 Å². The number of fused-ring (bicyclic) bond motifs is 1. The van der Waals surface area contributed by atoms with Gasteiger partial charge < -0.3 is 14.8 Å². The molecule has 0 spiro atoms. The Kier molecular flexibility index (Phi) is 3.54. The molecule has 24 heavy (non-hydrogen) atoms. The number of nitrogens with zero attached hydrogens (tertiary/aromatic N) is 2.